The predicted octanol–water partition coefficient (Wildman–Crippen LogP) is 4.40. The first-order chi connectivity index (χ1) is 18.6. The van der Waals surface area contributed by atoms with E-state index in [0.29, 0.717) is 36.1 Å². The van der Waals surface area contributed by atoms with Gasteiger partial charge < -0.3 is 15.4 Å². The van der Waals surface area contributed by atoms with Gasteiger partial charge in [-0.2, -0.15) is 8.42 Å². The summed E-state index contributed by atoms with van der Waals surface area (Å²) in [6.45, 7) is 4.96. The van der Waals surface area contributed by atoms with E-state index in [4.69, 9.17) is 15.5 Å². The zero-order chi connectivity index (χ0) is 27.7. The summed E-state index contributed by atoms with van der Waals surface area (Å²) in [5.41, 5.74) is 6.65. The molecule has 0 unspecified atom stereocenters. The highest BCUT2D eigenvalue weighted by Crippen LogP contribution is 2.43. The molecule has 1 aliphatic heterocycles. The van der Waals surface area contributed by atoms with Gasteiger partial charge in [0.15, 0.2) is 16.6 Å². The maximum Gasteiger partial charge on any atom is 0.281 e. The van der Waals surface area contributed by atoms with E-state index in [-0.39, 0.29) is 34.1 Å². The Bertz CT molecular complexity index is 1490. The van der Waals surface area contributed by atoms with E-state index in [2.05, 4.69) is 14.6 Å². The smallest absolute Gasteiger partial charge is 0.281 e. The van der Waals surface area contributed by atoms with Crippen LogP contribution < -0.4 is 20.1 Å². The van der Waals surface area contributed by atoms with Gasteiger partial charge in [-0.25, -0.2) is 19.1 Å². The number of aromatic nitrogens is 2. The normalized spacial score (nSPS) is 17.4. The van der Waals surface area contributed by atoms with Crippen LogP contribution in [0.3, 0.4) is 0 Å². The van der Waals surface area contributed by atoms with Gasteiger partial charge in [0.25, 0.3) is 15.9 Å². The van der Waals surface area contributed by atoms with Crippen LogP contribution in [0.25, 0.3) is 11.3 Å². The molecule has 39 heavy (non-hydrogen) atoms. The van der Waals surface area contributed by atoms with E-state index in [1.807, 2.05) is 13.8 Å². The third kappa shape index (κ3) is 5.83. The molecule has 9 nitrogen and oxygen atoms in total. The average Bonchev–Trinajstić information content (AvgIpc) is 3.63. The number of carbonyl (C=O) groups excluding carboxylic acids is 1. The highest BCUT2D eigenvalue weighted by molar-refractivity contribution is 7.90. The zero-order valence-corrected chi connectivity index (χ0v) is 22.7. The second-order valence-corrected chi connectivity index (χ2v) is 12.1. The van der Waals surface area contributed by atoms with Crippen LogP contribution in [0.15, 0.2) is 53.6 Å². The van der Waals surface area contributed by atoms with Crippen molar-refractivity contribution in [1.82, 2.24) is 14.7 Å². The Morgan fingerprint density at radius 2 is 1.90 bits per heavy atom. The van der Waals surface area contributed by atoms with Crippen LogP contribution >= 0.6 is 0 Å². The SMILES string of the molecule is CC(C)COc1c(F)cccc1-c1ccc(C(=O)NS(=O)(=O)c2cccc(N)n2)c(N2CCC[C@H]2C2CC2)n1. The molecule has 206 valence electrons. The Balaban J connectivity index is 1.55. The molecule has 11 heteroatoms. The number of ether oxygens (including phenoxy) is 1. The van der Waals surface area contributed by atoms with Crippen molar-refractivity contribution in [2.45, 2.75) is 50.6 Å². The number of amides is 1. The topological polar surface area (TPSA) is 128 Å². The molecule has 1 amide bonds. The van der Waals surface area contributed by atoms with Crippen molar-refractivity contribution < 1.29 is 22.3 Å². The lowest BCUT2D eigenvalue weighted by molar-refractivity contribution is 0.0981. The maximum atomic E-state index is 14.8. The summed E-state index contributed by atoms with van der Waals surface area (Å²) in [5.74, 6) is -0.152. The molecular formula is C28H32FN5O4S. The molecule has 3 N–H and O–H groups in total. The number of nitrogens with one attached hydrogen (secondary N) is 1. The highest BCUT2D eigenvalue weighted by atomic mass is 32.2. The summed E-state index contributed by atoms with van der Waals surface area (Å²) in [6.07, 6.45) is 4.11. The Labute approximate surface area is 227 Å². The van der Waals surface area contributed by atoms with Crippen LogP contribution in [-0.2, 0) is 10.0 Å². The third-order valence-electron chi connectivity index (χ3n) is 6.91. The average molecular weight is 554 g/mol. The Morgan fingerprint density at radius 3 is 2.62 bits per heavy atom. The lowest BCUT2D eigenvalue weighted by atomic mass is 10.1. The molecule has 1 aliphatic carbocycles. The van der Waals surface area contributed by atoms with Crippen molar-refractivity contribution >= 4 is 27.6 Å². The number of rotatable bonds is 9. The number of sulfonamides is 1. The Kier molecular flexibility index (Phi) is 7.44. The molecule has 1 aromatic carbocycles. The van der Waals surface area contributed by atoms with Gasteiger partial charge in [0, 0.05) is 18.2 Å². The molecule has 2 fully saturated rings. The van der Waals surface area contributed by atoms with Gasteiger partial charge >= 0.3 is 0 Å². The lowest BCUT2D eigenvalue weighted by Gasteiger charge is -2.28. The third-order valence-corrected chi connectivity index (χ3v) is 8.14. The number of hydrogen-bond acceptors (Lipinski definition) is 8. The van der Waals surface area contributed by atoms with Gasteiger partial charge in [0.05, 0.1) is 17.9 Å². The lowest BCUT2D eigenvalue weighted by Crippen LogP contribution is -2.36. The Hall–Kier alpha value is -3.73. The number of halogens is 1. The first-order valence-corrected chi connectivity index (χ1v) is 14.6. The number of anilines is 2. The highest BCUT2D eigenvalue weighted by Gasteiger charge is 2.40. The molecule has 3 heterocycles. The second-order valence-electron chi connectivity index (χ2n) is 10.5. The van der Waals surface area contributed by atoms with Crippen LogP contribution in [0.2, 0.25) is 0 Å². The van der Waals surface area contributed by atoms with E-state index >= 15 is 0 Å². The first kappa shape index (κ1) is 26.9. The predicted molar refractivity (Wildman–Crippen MR) is 146 cm³/mol. The van der Waals surface area contributed by atoms with Crippen LogP contribution in [0.1, 0.15) is 49.9 Å². The van der Waals surface area contributed by atoms with Crippen molar-refractivity contribution in [2.75, 3.05) is 23.8 Å². The molecule has 3 aromatic rings. The summed E-state index contributed by atoms with van der Waals surface area (Å²) in [5, 5.41) is -0.356. The van der Waals surface area contributed by atoms with Crippen molar-refractivity contribution in [3.05, 3.63) is 59.9 Å². The van der Waals surface area contributed by atoms with E-state index in [1.165, 1.54) is 30.3 Å². The van der Waals surface area contributed by atoms with E-state index in [1.54, 1.807) is 18.2 Å². The molecule has 1 saturated heterocycles. The number of nitrogens with two attached hydrogens (primary N) is 1. The molecular weight excluding hydrogens is 521 g/mol. The fraction of sp³-hybridized carbons (Fsp3) is 0.393. The number of benzene rings is 1. The van der Waals surface area contributed by atoms with Crippen molar-refractivity contribution in [1.29, 1.82) is 0 Å². The Morgan fingerprint density at radius 1 is 1.13 bits per heavy atom. The van der Waals surface area contributed by atoms with Gasteiger partial charge in [-0.1, -0.05) is 26.0 Å². The minimum Gasteiger partial charge on any atom is -0.490 e. The molecule has 0 radical (unpaired) electrons. The van der Waals surface area contributed by atoms with Crippen LogP contribution in [0, 0.1) is 17.7 Å². The molecule has 1 saturated carbocycles. The minimum atomic E-state index is -4.28. The zero-order valence-electron chi connectivity index (χ0n) is 21.9. The van der Waals surface area contributed by atoms with E-state index < -0.39 is 21.7 Å². The number of carbonyl (C=O) groups is 1. The summed E-state index contributed by atoms with van der Waals surface area (Å²) in [7, 11) is -4.28. The fourth-order valence-corrected chi connectivity index (χ4v) is 5.88. The van der Waals surface area contributed by atoms with Gasteiger partial charge in [-0.15, -0.1) is 0 Å². The van der Waals surface area contributed by atoms with Gasteiger partial charge in [0.2, 0.25) is 0 Å². The monoisotopic (exact) mass is 553 g/mol. The van der Waals surface area contributed by atoms with E-state index in [9.17, 15) is 17.6 Å². The molecule has 2 aromatic heterocycles. The number of pyridine rings is 2. The molecule has 0 bridgehead atoms. The fourth-order valence-electron chi connectivity index (χ4n) is 4.94. The van der Waals surface area contributed by atoms with Gasteiger partial charge in [-0.05, 0) is 73.9 Å². The van der Waals surface area contributed by atoms with Crippen molar-refractivity contribution in [2.24, 2.45) is 11.8 Å². The number of nitrogen functional groups attached to an aromatic ring is 1. The molecule has 0 spiro atoms. The van der Waals surface area contributed by atoms with Crippen LogP contribution in [0.4, 0.5) is 16.0 Å². The van der Waals surface area contributed by atoms with Crippen molar-refractivity contribution in [3.8, 4) is 17.0 Å². The largest absolute Gasteiger partial charge is 0.490 e. The van der Waals surface area contributed by atoms with Gasteiger partial charge in [-0.3, -0.25) is 4.79 Å². The van der Waals surface area contributed by atoms with E-state index in [0.717, 1.165) is 25.7 Å². The van der Waals surface area contributed by atoms with Crippen LogP contribution in [0.5, 0.6) is 5.75 Å². The summed E-state index contributed by atoms with van der Waals surface area (Å²) >= 11 is 0. The molecule has 5 rings (SSSR count). The minimum absolute atomic E-state index is 0.0203. The first-order valence-electron chi connectivity index (χ1n) is 13.1. The quantitative estimate of drug-likeness (QED) is 0.399. The number of nitrogens with zero attached hydrogens (tertiary/aromatic N) is 3. The van der Waals surface area contributed by atoms with Crippen molar-refractivity contribution in [3.63, 3.8) is 0 Å². The summed E-state index contributed by atoms with van der Waals surface area (Å²) < 4.78 is 48.6. The molecule has 1 atom stereocenters. The number of hydrogen-bond donors (Lipinski definition) is 2. The summed E-state index contributed by atoms with van der Waals surface area (Å²) in [4.78, 5) is 24.2. The number of para-hydroxylation sites is 1. The standard InChI is InChI=1S/C28H32FN5O4S/c1-17(2)16-38-26-19(6-3-7-21(26)29)22-14-13-20(27(31-22)34-15-5-8-23(34)18-11-12-18)28(35)33-39(36,37)25-10-4-9-24(30)32-25/h3-4,6-7,9-10,13-14,17-18,23H,5,8,11-12,15-16H2,1-2H3,(H2,30,32)(H,33,35)/t23-/m0/s1. The molecule has 2 aliphatic rings. The summed E-state index contributed by atoms with van der Waals surface area (Å²) in [6, 6.07) is 12.1. The van der Waals surface area contributed by atoms with Crippen LogP contribution in [-0.4, -0.2) is 43.5 Å². The van der Waals surface area contributed by atoms with Gasteiger partial charge in [0.1, 0.15) is 11.6 Å². The maximum absolute atomic E-state index is 14.8. The second kappa shape index (κ2) is 10.8.